The van der Waals surface area contributed by atoms with Gasteiger partial charge in [0.25, 0.3) is 0 Å². The minimum Gasteiger partial charge on any atom is -0.381 e. The van der Waals surface area contributed by atoms with Gasteiger partial charge >= 0.3 is 0 Å². The molecule has 0 bridgehead atoms. The molecule has 0 saturated heterocycles. The Morgan fingerprint density at radius 2 is 2.29 bits per heavy atom. The largest absolute Gasteiger partial charge is 0.381 e. The molecule has 0 aliphatic rings. The van der Waals surface area contributed by atoms with Crippen molar-refractivity contribution in [2.75, 3.05) is 19.8 Å². The molecule has 2 nitrogen and oxygen atoms in total. The standard InChI is InChI=1S/C12H19BrClNOS/c1-9(2)8-16-5-3-4-15-7-10-6-11(13)12(14)17-10/h6,9,15H,3-5,7-8H2,1-2H3. The van der Waals surface area contributed by atoms with Gasteiger partial charge < -0.3 is 10.1 Å². The highest BCUT2D eigenvalue weighted by Crippen LogP contribution is 2.31. The van der Waals surface area contributed by atoms with Crippen LogP contribution in [0, 0.1) is 5.92 Å². The van der Waals surface area contributed by atoms with Crippen molar-refractivity contribution in [1.82, 2.24) is 5.32 Å². The summed E-state index contributed by atoms with van der Waals surface area (Å²) in [6.07, 6.45) is 1.05. The first-order chi connectivity index (χ1) is 8.09. The first-order valence-corrected chi connectivity index (χ1v) is 7.80. The van der Waals surface area contributed by atoms with E-state index in [0.717, 1.165) is 41.5 Å². The van der Waals surface area contributed by atoms with Crippen LogP contribution in [0.15, 0.2) is 10.5 Å². The van der Waals surface area contributed by atoms with Gasteiger partial charge in [0, 0.05) is 29.1 Å². The normalized spacial score (nSPS) is 11.4. The van der Waals surface area contributed by atoms with Crippen LogP contribution in [0.3, 0.4) is 0 Å². The zero-order valence-electron chi connectivity index (χ0n) is 10.3. The molecular formula is C12H19BrClNOS. The Morgan fingerprint density at radius 1 is 1.53 bits per heavy atom. The monoisotopic (exact) mass is 339 g/mol. The van der Waals surface area contributed by atoms with E-state index in [9.17, 15) is 0 Å². The van der Waals surface area contributed by atoms with E-state index in [4.69, 9.17) is 16.3 Å². The number of ether oxygens (including phenoxy) is 1. The van der Waals surface area contributed by atoms with Gasteiger partial charge in [-0.1, -0.05) is 25.4 Å². The van der Waals surface area contributed by atoms with Crippen LogP contribution in [0.25, 0.3) is 0 Å². The van der Waals surface area contributed by atoms with Crippen LogP contribution in [0.4, 0.5) is 0 Å². The number of hydrogen-bond acceptors (Lipinski definition) is 3. The Kier molecular flexibility index (Phi) is 7.71. The van der Waals surface area contributed by atoms with E-state index >= 15 is 0 Å². The minimum atomic E-state index is 0.619. The molecule has 0 aliphatic carbocycles. The number of nitrogens with one attached hydrogen (secondary N) is 1. The van der Waals surface area contributed by atoms with E-state index in [1.54, 1.807) is 11.3 Å². The summed E-state index contributed by atoms with van der Waals surface area (Å²) in [5.74, 6) is 0.619. The number of thiophene rings is 1. The SMILES string of the molecule is CC(C)COCCCNCc1cc(Br)c(Cl)s1. The fraction of sp³-hybridized carbons (Fsp3) is 0.667. The van der Waals surface area contributed by atoms with Crippen LogP contribution >= 0.6 is 38.9 Å². The predicted octanol–water partition coefficient (Wildman–Crippen LogP) is 4.32. The van der Waals surface area contributed by atoms with Crippen molar-refractivity contribution >= 4 is 38.9 Å². The van der Waals surface area contributed by atoms with E-state index in [2.05, 4.69) is 41.2 Å². The molecule has 17 heavy (non-hydrogen) atoms. The van der Waals surface area contributed by atoms with Gasteiger partial charge in [-0.3, -0.25) is 0 Å². The Morgan fingerprint density at radius 3 is 2.88 bits per heavy atom. The van der Waals surface area contributed by atoms with Crippen LogP contribution in [0.5, 0.6) is 0 Å². The fourth-order valence-electron chi connectivity index (χ4n) is 1.31. The van der Waals surface area contributed by atoms with Crippen molar-refractivity contribution in [3.8, 4) is 0 Å². The van der Waals surface area contributed by atoms with Gasteiger partial charge in [-0.2, -0.15) is 0 Å². The molecule has 1 N–H and O–H groups in total. The maximum absolute atomic E-state index is 5.96. The first-order valence-electron chi connectivity index (χ1n) is 5.81. The molecule has 0 aromatic carbocycles. The van der Waals surface area contributed by atoms with Crippen LogP contribution in [-0.2, 0) is 11.3 Å². The summed E-state index contributed by atoms with van der Waals surface area (Å²) in [4.78, 5) is 1.25. The zero-order valence-corrected chi connectivity index (χ0v) is 13.4. The average molecular weight is 341 g/mol. The molecule has 1 aromatic rings. The number of halogens is 2. The van der Waals surface area contributed by atoms with Gasteiger partial charge in [-0.05, 0) is 40.9 Å². The third-order valence-electron chi connectivity index (χ3n) is 2.09. The summed E-state index contributed by atoms with van der Waals surface area (Å²) in [5, 5.41) is 3.38. The van der Waals surface area contributed by atoms with E-state index < -0.39 is 0 Å². The molecule has 1 rings (SSSR count). The third kappa shape index (κ3) is 6.77. The minimum absolute atomic E-state index is 0.619. The van der Waals surface area contributed by atoms with E-state index in [1.807, 2.05) is 0 Å². The Bertz CT molecular complexity index is 311. The molecule has 1 aromatic heterocycles. The second-order valence-corrected chi connectivity index (χ2v) is 6.93. The Labute approximate surface area is 121 Å². The lowest BCUT2D eigenvalue weighted by Gasteiger charge is -2.07. The maximum Gasteiger partial charge on any atom is 0.107 e. The molecule has 0 spiro atoms. The molecule has 0 amide bonds. The lowest BCUT2D eigenvalue weighted by Crippen LogP contribution is -2.16. The molecule has 0 fully saturated rings. The zero-order chi connectivity index (χ0) is 12.7. The highest BCUT2D eigenvalue weighted by molar-refractivity contribution is 9.10. The van der Waals surface area contributed by atoms with Crippen LogP contribution in [-0.4, -0.2) is 19.8 Å². The quantitative estimate of drug-likeness (QED) is 0.712. The van der Waals surface area contributed by atoms with Gasteiger partial charge in [0.1, 0.15) is 4.34 Å². The summed E-state index contributed by atoms with van der Waals surface area (Å²) in [6.45, 7) is 7.87. The van der Waals surface area contributed by atoms with Crippen molar-refractivity contribution in [3.05, 3.63) is 19.8 Å². The highest BCUT2D eigenvalue weighted by atomic mass is 79.9. The molecule has 0 unspecified atom stereocenters. The van der Waals surface area contributed by atoms with Gasteiger partial charge in [0.05, 0.1) is 0 Å². The van der Waals surface area contributed by atoms with E-state index in [0.29, 0.717) is 5.92 Å². The van der Waals surface area contributed by atoms with Crippen molar-refractivity contribution in [2.24, 2.45) is 5.92 Å². The van der Waals surface area contributed by atoms with Crippen LogP contribution in [0.1, 0.15) is 25.1 Å². The lowest BCUT2D eigenvalue weighted by molar-refractivity contribution is 0.108. The van der Waals surface area contributed by atoms with Crippen molar-refractivity contribution < 1.29 is 4.74 Å². The summed E-state index contributed by atoms with van der Waals surface area (Å²) in [7, 11) is 0. The van der Waals surface area contributed by atoms with E-state index in [1.165, 1.54) is 4.88 Å². The molecule has 5 heteroatoms. The predicted molar refractivity (Wildman–Crippen MR) is 79.0 cm³/mol. The second kappa shape index (κ2) is 8.48. The Hall–Kier alpha value is 0.390. The molecule has 0 atom stereocenters. The van der Waals surface area contributed by atoms with Crippen molar-refractivity contribution in [3.63, 3.8) is 0 Å². The molecule has 0 saturated carbocycles. The third-order valence-corrected chi connectivity index (χ3v) is 4.56. The highest BCUT2D eigenvalue weighted by Gasteiger charge is 2.03. The molecule has 98 valence electrons. The average Bonchev–Trinajstić information content (AvgIpc) is 2.56. The molecule has 0 radical (unpaired) electrons. The summed E-state index contributed by atoms with van der Waals surface area (Å²) in [5.41, 5.74) is 0. The molecular weight excluding hydrogens is 322 g/mol. The Balaban J connectivity index is 2.01. The smallest absolute Gasteiger partial charge is 0.107 e. The summed E-state index contributed by atoms with van der Waals surface area (Å²) < 4.78 is 7.31. The van der Waals surface area contributed by atoms with Gasteiger partial charge in [0.15, 0.2) is 0 Å². The van der Waals surface area contributed by atoms with Gasteiger partial charge in [-0.15, -0.1) is 11.3 Å². The summed E-state index contributed by atoms with van der Waals surface area (Å²) in [6, 6.07) is 2.06. The van der Waals surface area contributed by atoms with Crippen molar-refractivity contribution in [1.29, 1.82) is 0 Å². The van der Waals surface area contributed by atoms with Gasteiger partial charge in [-0.25, -0.2) is 0 Å². The second-order valence-electron chi connectivity index (χ2n) is 4.33. The number of rotatable bonds is 8. The maximum atomic E-state index is 5.96. The topological polar surface area (TPSA) is 21.3 Å². The van der Waals surface area contributed by atoms with E-state index in [-0.39, 0.29) is 0 Å². The summed E-state index contributed by atoms with van der Waals surface area (Å²) >= 11 is 11.0. The number of hydrogen-bond donors (Lipinski definition) is 1. The molecule has 0 aliphatic heterocycles. The van der Waals surface area contributed by atoms with Gasteiger partial charge in [0.2, 0.25) is 0 Å². The van der Waals surface area contributed by atoms with Crippen LogP contribution in [0.2, 0.25) is 4.34 Å². The molecule has 1 heterocycles. The fourth-order valence-corrected chi connectivity index (χ4v) is 3.07. The first kappa shape index (κ1) is 15.4. The van der Waals surface area contributed by atoms with Crippen molar-refractivity contribution in [2.45, 2.75) is 26.8 Å². The lowest BCUT2D eigenvalue weighted by atomic mass is 10.2. The van der Waals surface area contributed by atoms with Crippen LogP contribution < -0.4 is 5.32 Å².